The predicted octanol–water partition coefficient (Wildman–Crippen LogP) is -2.68. The number of carboxylic acids is 1. The van der Waals surface area contributed by atoms with Crippen LogP contribution in [0.2, 0.25) is 0 Å². The van der Waals surface area contributed by atoms with Crippen molar-refractivity contribution in [1.82, 2.24) is 5.32 Å². The van der Waals surface area contributed by atoms with E-state index in [9.17, 15) is 9.59 Å². The molecule has 8 N–H and O–H groups in total. The van der Waals surface area contributed by atoms with Crippen molar-refractivity contribution < 1.29 is 35.1 Å². The second-order valence-electron chi connectivity index (χ2n) is 3.38. The van der Waals surface area contributed by atoms with E-state index in [0.29, 0.717) is 12.8 Å². The van der Waals surface area contributed by atoms with Gasteiger partial charge in [-0.1, -0.05) is 0 Å². The van der Waals surface area contributed by atoms with Gasteiger partial charge in [-0.2, -0.15) is 14.7 Å². The predicted molar refractivity (Wildman–Crippen MR) is 55.0 cm³/mol. The third-order valence-corrected chi connectivity index (χ3v) is 2.47. The van der Waals surface area contributed by atoms with E-state index in [4.69, 9.17) is 19.8 Å². The molecule has 0 bridgehead atoms. The molecule has 8 nitrogen and oxygen atoms in total. The number of aliphatic carboxylic acids is 1. The maximum Gasteiger partial charge on any atom is 0.413 e. The molecule has 0 aliphatic rings. The molecule has 0 aliphatic heterocycles. The summed E-state index contributed by atoms with van der Waals surface area (Å²) in [5, 5.41) is 10.8. The van der Waals surface area contributed by atoms with Crippen LogP contribution in [0, 0.1) is 0 Å². The zero-order valence-electron chi connectivity index (χ0n) is 8.67. The van der Waals surface area contributed by atoms with Crippen LogP contribution in [-0.4, -0.2) is 50.4 Å². The van der Waals surface area contributed by atoms with Gasteiger partial charge in [0, 0.05) is 13.0 Å². The van der Waals surface area contributed by atoms with Crippen molar-refractivity contribution in [2.75, 3.05) is 12.7 Å². The molecular formula is C7H17N2O6P+2. The number of quaternary nitrogens is 1. The fourth-order valence-electron chi connectivity index (χ4n) is 0.948. The molecule has 0 unspecified atom stereocenters. The first kappa shape index (κ1) is 15.2. The maximum atomic E-state index is 10.9. The monoisotopic (exact) mass is 256 g/mol. The Morgan fingerprint density at radius 3 is 2.31 bits per heavy atom. The summed E-state index contributed by atoms with van der Waals surface area (Å²) in [7, 11) is -4.07. The van der Waals surface area contributed by atoms with E-state index in [0.717, 1.165) is 0 Å². The highest BCUT2D eigenvalue weighted by Crippen LogP contribution is 2.43. The minimum absolute atomic E-state index is 0.206. The molecule has 0 radical (unpaired) electrons. The second-order valence-corrected chi connectivity index (χ2v) is 5.08. The lowest BCUT2D eigenvalue weighted by Crippen LogP contribution is -2.64. The topological polar surface area (TPSA) is 155 Å². The van der Waals surface area contributed by atoms with Crippen LogP contribution in [0.15, 0.2) is 0 Å². The summed E-state index contributed by atoms with van der Waals surface area (Å²) in [5.74, 6) is -1.69. The van der Waals surface area contributed by atoms with Gasteiger partial charge in [0.25, 0.3) is 5.91 Å². The summed E-state index contributed by atoms with van der Waals surface area (Å²) in [6, 6.07) is -0.725. The van der Waals surface area contributed by atoms with Crippen molar-refractivity contribution in [3.05, 3.63) is 0 Å². The fourth-order valence-corrected chi connectivity index (χ4v) is 1.45. The SMILES string of the molecule is [NH3+][C@@H](CCCNC(=O)C[P+](O)(O)O)C(=O)O. The van der Waals surface area contributed by atoms with Gasteiger partial charge < -0.3 is 16.2 Å². The lowest BCUT2D eigenvalue weighted by Gasteiger charge is -2.06. The standard InChI is InChI=1S/C7H15N2O6P/c8-5(7(11)12)2-1-3-9-6(10)4-16(13,14)15/h5,13-15H,1-4,8H2,(H-,9,10,11,12)/p+2/t5-/m0/s1. The summed E-state index contributed by atoms with van der Waals surface area (Å²) < 4.78 is 0. The van der Waals surface area contributed by atoms with E-state index in [1.54, 1.807) is 0 Å². The summed E-state index contributed by atoms with van der Waals surface area (Å²) >= 11 is 0. The van der Waals surface area contributed by atoms with Crippen LogP contribution < -0.4 is 11.1 Å². The van der Waals surface area contributed by atoms with E-state index >= 15 is 0 Å². The van der Waals surface area contributed by atoms with Gasteiger partial charge in [0.15, 0.2) is 6.04 Å². The minimum Gasteiger partial charge on any atom is -0.477 e. The number of carbonyl (C=O) groups is 2. The number of hydrogen-bond donors (Lipinski definition) is 6. The third kappa shape index (κ3) is 8.51. The van der Waals surface area contributed by atoms with Crippen LogP contribution >= 0.6 is 7.94 Å². The zero-order valence-corrected chi connectivity index (χ0v) is 9.56. The van der Waals surface area contributed by atoms with E-state index in [1.165, 1.54) is 0 Å². The Kier molecular flexibility index (Phi) is 6.39. The Morgan fingerprint density at radius 2 is 1.88 bits per heavy atom. The molecule has 0 fully saturated rings. The van der Waals surface area contributed by atoms with Gasteiger partial charge in [-0.05, 0) is 6.42 Å². The summed E-state index contributed by atoms with van der Waals surface area (Å²) in [5.41, 5.74) is 3.39. The largest absolute Gasteiger partial charge is 0.477 e. The first-order valence-corrected chi connectivity index (χ1v) is 6.44. The third-order valence-electron chi connectivity index (χ3n) is 1.76. The van der Waals surface area contributed by atoms with Crippen molar-refractivity contribution in [3.63, 3.8) is 0 Å². The van der Waals surface area contributed by atoms with E-state index < -0.39 is 32.0 Å². The van der Waals surface area contributed by atoms with Crippen LogP contribution in [0.5, 0.6) is 0 Å². The summed E-state index contributed by atoms with van der Waals surface area (Å²) in [4.78, 5) is 47.1. The first-order valence-electron chi connectivity index (χ1n) is 4.61. The summed E-state index contributed by atoms with van der Waals surface area (Å²) in [6.07, 6.45) is -0.00700. The average molecular weight is 256 g/mol. The molecule has 1 atom stereocenters. The number of nitrogens with one attached hydrogen (secondary N) is 1. The normalized spacial score (nSPS) is 13.2. The highest BCUT2D eigenvalue weighted by Gasteiger charge is 2.33. The minimum atomic E-state index is -4.07. The van der Waals surface area contributed by atoms with E-state index in [1.807, 2.05) is 0 Å². The van der Waals surface area contributed by atoms with Crippen LogP contribution in [0.3, 0.4) is 0 Å². The van der Waals surface area contributed by atoms with Gasteiger partial charge in [-0.3, -0.25) is 4.79 Å². The molecule has 0 saturated carbocycles. The molecule has 0 spiro atoms. The van der Waals surface area contributed by atoms with Crippen LogP contribution in [0.4, 0.5) is 0 Å². The highest BCUT2D eigenvalue weighted by atomic mass is 31.2. The van der Waals surface area contributed by atoms with Gasteiger partial charge in [0.2, 0.25) is 6.16 Å². The van der Waals surface area contributed by atoms with Gasteiger partial charge in [-0.25, -0.2) is 4.79 Å². The smallest absolute Gasteiger partial charge is 0.413 e. The Balaban J connectivity index is 3.60. The lowest BCUT2D eigenvalue weighted by atomic mass is 10.2. The average Bonchev–Trinajstić information content (AvgIpc) is 2.08. The second kappa shape index (κ2) is 6.72. The van der Waals surface area contributed by atoms with E-state index in [-0.39, 0.29) is 6.54 Å². The Hall–Kier alpha value is -0.790. The van der Waals surface area contributed by atoms with Crippen molar-refractivity contribution >= 4 is 19.8 Å². The molecule has 9 heteroatoms. The molecular weight excluding hydrogens is 239 g/mol. The Morgan fingerprint density at radius 1 is 1.31 bits per heavy atom. The van der Waals surface area contributed by atoms with Crippen molar-refractivity contribution in [1.29, 1.82) is 0 Å². The molecule has 0 heterocycles. The fraction of sp³-hybridized carbons (Fsp3) is 0.714. The number of carbonyl (C=O) groups excluding carboxylic acids is 1. The maximum absolute atomic E-state index is 10.9. The van der Waals surface area contributed by atoms with Crippen molar-refractivity contribution in [2.45, 2.75) is 18.9 Å². The van der Waals surface area contributed by atoms with Crippen LogP contribution in [0.1, 0.15) is 12.8 Å². The number of rotatable bonds is 7. The quantitative estimate of drug-likeness (QED) is 0.215. The van der Waals surface area contributed by atoms with Crippen molar-refractivity contribution in [2.24, 2.45) is 0 Å². The first-order chi connectivity index (χ1) is 7.22. The molecule has 94 valence electrons. The molecule has 0 saturated heterocycles. The molecule has 0 aromatic heterocycles. The van der Waals surface area contributed by atoms with Gasteiger partial charge in [0.05, 0.1) is 0 Å². The van der Waals surface area contributed by atoms with Gasteiger partial charge in [0.1, 0.15) is 0 Å². The van der Waals surface area contributed by atoms with Crippen LogP contribution in [0.25, 0.3) is 0 Å². The van der Waals surface area contributed by atoms with Crippen molar-refractivity contribution in [3.8, 4) is 0 Å². The highest BCUT2D eigenvalue weighted by molar-refractivity contribution is 7.59. The zero-order chi connectivity index (χ0) is 12.8. The van der Waals surface area contributed by atoms with Crippen LogP contribution in [-0.2, 0) is 9.59 Å². The number of amides is 1. The Bertz CT molecular complexity index is 254. The Labute approximate surface area is 92.7 Å². The molecule has 16 heavy (non-hydrogen) atoms. The van der Waals surface area contributed by atoms with Gasteiger partial charge >= 0.3 is 13.9 Å². The molecule has 0 aromatic rings. The molecule has 1 amide bonds. The molecule has 0 aromatic carbocycles. The number of hydrogen-bond acceptors (Lipinski definition) is 5. The van der Waals surface area contributed by atoms with Gasteiger partial charge in [-0.15, -0.1) is 0 Å². The number of carboxylic acid groups (broad SMARTS) is 1. The lowest BCUT2D eigenvalue weighted by molar-refractivity contribution is -0.409. The molecule has 0 rings (SSSR count). The molecule has 0 aliphatic carbocycles. The summed E-state index contributed by atoms with van der Waals surface area (Å²) in [6.45, 7) is 0.206. The van der Waals surface area contributed by atoms with E-state index in [2.05, 4.69) is 11.1 Å².